The molecule has 2 atom stereocenters. The van der Waals surface area contributed by atoms with Crippen molar-refractivity contribution in [2.75, 3.05) is 7.11 Å². The maximum atomic E-state index is 12.6. The highest BCUT2D eigenvalue weighted by Gasteiger charge is 2.33. The highest BCUT2D eigenvalue weighted by atomic mass is 32.2. The largest absolute Gasteiger partial charge is 0.497 e. The number of rotatable bonds is 3. The Kier molecular flexibility index (Phi) is 4.47. The predicted octanol–water partition coefficient (Wildman–Crippen LogP) is 2.13. The lowest BCUT2D eigenvalue weighted by Crippen LogP contribution is -2.39. The van der Waals surface area contributed by atoms with Gasteiger partial charge in [0.2, 0.25) is 0 Å². The van der Waals surface area contributed by atoms with Crippen molar-refractivity contribution in [2.45, 2.75) is 48.3 Å². The summed E-state index contributed by atoms with van der Waals surface area (Å²) in [7, 11) is -1.78. The van der Waals surface area contributed by atoms with Gasteiger partial charge < -0.3 is 10.5 Å². The molecule has 1 aliphatic rings. The number of hydrogen-bond acceptors (Lipinski definition) is 4. The van der Waals surface area contributed by atoms with Crippen molar-refractivity contribution in [3.05, 3.63) is 24.3 Å². The van der Waals surface area contributed by atoms with E-state index in [0.29, 0.717) is 17.1 Å². The van der Waals surface area contributed by atoms with Gasteiger partial charge >= 0.3 is 0 Å². The second kappa shape index (κ2) is 5.92. The first-order chi connectivity index (χ1) is 9.05. The van der Waals surface area contributed by atoms with E-state index in [1.807, 2.05) is 0 Å². The minimum absolute atomic E-state index is 0.255. The summed E-state index contributed by atoms with van der Waals surface area (Å²) in [5.74, 6) is 0.657. The van der Waals surface area contributed by atoms with Crippen molar-refractivity contribution in [3.63, 3.8) is 0 Å². The van der Waals surface area contributed by atoms with Gasteiger partial charge in [-0.25, -0.2) is 8.42 Å². The highest BCUT2D eigenvalue weighted by Crippen LogP contribution is 2.28. The molecular weight excluding hydrogens is 262 g/mol. The van der Waals surface area contributed by atoms with Crippen molar-refractivity contribution in [3.8, 4) is 5.75 Å². The smallest absolute Gasteiger partial charge is 0.182 e. The van der Waals surface area contributed by atoms with Crippen molar-refractivity contribution >= 4 is 9.84 Å². The summed E-state index contributed by atoms with van der Waals surface area (Å²) < 4.78 is 30.3. The average molecular weight is 283 g/mol. The first kappa shape index (κ1) is 14.3. The van der Waals surface area contributed by atoms with Gasteiger partial charge in [0.15, 0.2) is 9.84 Å². The Morgan fingerprint density at radius 3 is 2.37 bits per heavy atom. The molecule has 106 valence electrons. The van der Waals surface area contributed by atoms with Crippen LogP contribution in [0.1, 0.15) is 32.1 Å². The third kappa shape index (κ3) is 3.09. The van der Waals surface area contributed by atoms with Crippen LogP contribution in [0.5, 0.6) is 5.75 Å². The maximum absolute atomic E-state index is 12.6. The lowest BCUT2D eigenvalue weighted by molar-refractivity contribution is 0.414. The highest BCUT2D eigenvalue weighted by molar-refractivity contribution is 7.92. The number of benzene rings is 1. The van der Waals surface area contributed by atoms with Crippen LogP contribution in [-0.2, 0) is 9.84 Å². The van der Waals surface area contributed by atoms with Gasteiger partial charge in [-0.05, 0) is 37.1 Å². The third-order valence-corrected chi connectivity index (χ3v) is 6.10. The molecule has 0 bridgehead atoms. The topological polar surface area (TPSA) is 69.4 Å². The average Bonchev–Trinajstić information content (AvgIpc) is 2.64. The van der Waals surface area contributed by atoms with E-state index < -0.39 is 15.1 Å². The molecule has 1 aromatic carbocycles. The summed E-state index contributed by atoms with van der Waals surface area (Å²) in [5, 5.41) is -0.455. The molecule has 1 aromatic rings. The summed E-state index contributed by atoms with van der Waals surface area (Å²) >= 11 is 0. The van der Waals surface area contributed by atoms with Gasteiger partial charge in [0.05, 0.1) is 17.3 Å². The fourth-order valence-corrected chi connectivity index (χ4v) is 4.57. The van der Waals surface area contributed by atoms with Gasteiger partial charge in [0.1, 0.15) is 5.75 Å². The van der Waals surface area contributed by atoms with Gasteiger partial charge in [0.25, 0.3) is 0 Å². The molecule has 19 heavy (non-hydrogen) atoms. The third-order valence-electron chi connectivity index (χ3n) is 3.79. The van der Waals surface area contributed by atoms with Crippen LogP contribution in [0, 0.1) is 0 Å². The number of hydrogen-bond donors (Lipinski definition) is 1. The molecule has 0 aromatic heterocycles. The van der Waals surface area contributed by atoms with E-state index in [4.69, 9.17) is 10.5 Å². The summed E-state index contributed by atoms with van der Waals surface area (Å²) in [5.41, 5.74) is 6.05. The van der Waals surface area contributed by atoms with Crippen molar-refractivity contribution in [1.29, 1.82) is 0 Å². The van der Waals surface area contributed by atoms with Crippen LogP contribution in [0.3, 0.4) is 0 Å². The number of sulfone groups is 1. The van der Waals surface area contributed by atoms with Crippen LogP contribution in [0.2, 0.25) is 0 Å². The minimum atomic E-state index is -3.34. The molecule has 2 rings (SSSR count). The number of ether oxygens (including phenoxy) is 1. The van der Waals surface area contributed by atoms with E-state index in [1.54, 1.807) is 31.4 Å². The number of nitrogens with two attached hydrogens (primary N) is 1. The van der Waals surface area contributed by atoms with Gasteiger partial charge in [-0.15, -0.1) is 0 Å². The van der Waals surface area contributed by atoms with Gasteiger partial charge in [-0.2, -0.15) is 0 Å². The molecule has 5 heteroatoms. The minimum Gasteiger partial charge on any atom is -0.497 e. The van der Waals surface area contributed by atoms with Crippen LogP contribution < -0.4 is 10.5 Å². The van der Waals surface area contributed by atoms with Crippen LogP contribution in [0.15, 0.2) is 29.2 Å². The molecule has 0 heterocycles. The summed E-state index contributed by atoms with van der Waals surface area (Å²) in [4.78, 5) is 0.343. The molecule has 0 amide bonds. The van der Waals surface area contributed by atoms with E-state index >= 15 is 0 Å². The Bertz CT molecular complexity index is 510. The molecule has 2 unspecified atom stereocenters. The molecule has 0 radical (unpaired) electrons. The monoisotopic (exact) mass is 283 g/mol. The first-order valence-corrected chi connectivity index (χ1v) is 8.24. The molecule has 0 aliphatic heterocycles. The molecule has 4 nitrogen and oxygen atoms in total. The van der Waals surface area contributed by atoms with E-state index in [-0.39, 0.29) is 6.04 Å². The van der Waals surface area contributed by atoms with Gasteiger partial charge in [-0.3, -0.25) is 0 Å². The molecule has 0 saturated heterocycles. The normalized spacial score (nSPS) is 24.7. The standard InChI is InChI=1S/C14H21NO3S/c1-18-11-7-9-12(10-8-11)19(16,17)14-6-4-2-3-5-13(14)15/h7-10,13-14H,2-6,15H2,1H3. The number of methoxy groups -OCH3 is 1. The van der Waals surface area contributed by atoms with Crippen LogP contribution in [0.4, 0.5) is 0 Å². The zero-order valence-electron chi connectivity index (χ0n) is 11.2. The zero-order chi connectivity index (χ0) is 13.9. The summed E-state index contributed by atoms with van der Waals surface area (Å²) in [6.07, 6.45) is 4.49. The fraction of sp³-hybridized carbons (Fsp3) is 0.571. The Morgan fingerprint density at radius 1 is 1.11 bits per heavy atom. The quantitative estimate of drug-likeness (QED) is 0.863. The predicted molar refractivity (Wildman–Crippen MR) is 75.0 cm³/mol. The lowest BCUT2D eigenvalue weighted by Gasteiger charge is -2.21. The molecule has 1 aliphatic carbocycles. The Hall–Kier alpha value is -1.07. The molecule has 2 N–H and O–H groups in total. The molecule has 1 saturated carbocycles. The van der Waals surface area contributed by atoms with E-state index in [1.165, 1.54) is 0 Å². The van der Waals surface area contributed by atoms with Crippen molar-refractivity contribution in [1.82, 2.24) is 0 Å². The Labute approximate surface area is 114 Å². The maximum Gasteiger partial charge on any atom is 0.182 e. The summed E-state index contributed by atoms with van der Waals surface area (Å²) in [6, 6.07) is 6.30. The summed E-state index contributed by atoms with van der Waals surface area (Å²) in [6.45, 7) is 0. The van der Waals surface area contributed by atoms with Gasteiger partial charge in [0, 0.05) is 6.04 Å². The zero-order valence-corrected chi connectivity index (χ0v) is 12.0. The van der Waals surface area contributed by atoms with Crippen LogP contribution in [-0.4, -0.2) is 26.8 Å². The lowest BCUT2D eigenvalue weighted by atomic mass is 10.1. The molecular formula is C14H21NO3S. The molecule has 1 fully saturated rings. The Balaban J connectivity index is 2.29. The van der Waals surface area contributed by atoms with E-state index in [2.05, 4.69) is 0 Å². The fourth-order valence-electron chi connectivity index (χ4n) is 2.63. The van der Waals surface area contributed by atoms with E-state index in [0.717, 1.165) is 25.7 Å². The second-order valence-electron chi connectivity index (χ2n) is 5.06. The second-order valence-corrected chi connectivity index (χ2v) is 7.23. The van der Waals surface area contributed by atoms with Crippen molar-refractivity contribution in [2.24, 2.45) is 5.73 Å². The Morgan fingerprint density at radius 2 is 1.74 bits per heavy atom. The van der Waals surface area contributed by atoms with Gasteiger partial charge in [-0.1, -0.05) is 19.3 Å². The SMILES string of the molecule is COc1ccc(S(=O)(=O)C2CCCCCC2N)cc1. The first-order valence-electron chi connectivity index (χ1n) is 6.69. The van der Waals surface area contributed by atoms with Crippen molar-refractivity contribution < 1.29 is 13.2 Å². The molecule has 0 spiro atoms. The van der Waals surface area contributed by atoms with Crippen LogP contribution in [0.25, 0.3) is 0 Å². The van der Waals surface area contributed by atoms with E-state index in [9.17, 15) is 8.42 Å². The van der Waals surface area contributed by atoms with Crippen LogP contribution >= 0.6 is 0 Å².